The standard InChI is InChI=1S/C26H21F4N3O2S/c27-18-11-9-17(10-12-18)25(35)31-13-14-33-15-23(19-5-1-4-8-22(19)33)36-16-24(34)32-21-7-3-2-6-20(21)26(28,29)30/h1-12,15H,13-14,16H2,(H,31,35)(H,32,34). The number of hydrogen-bond donors (Lipinski definition) is 2. The zero-order chi connectivity index (χ0) is 25.7. The number of thioether (sulfide) groups is 1. The third-order valence-electron chi connectivity index (χ3n) is 5.36. The monoisotopic (exact) mass is 515 g/mol. The van der Waals surface area contributed by atoms with E-state index in [4.69, 9.17) is 0 Å². The highest BCUT2D eigenvalue weighted by atomic mass is 32.2. The summed E-state index contributed by atoms with van der Waals surface area (Å²) >= 11 is 1.21. The Balaban J connectivity index is 1.40. The Labute approximate surface area is 208 Å². The molecule has 2 N–H and O–H groups in total. The molecule has 186 valence electrons. The fourth-order valence-electron chi connectivity index (χ4n) is 3.68. The number of anilines is 1. The minimum Gasteiger partial charge on any atom is -0.350 e. The van der Waals surface area contributed by atoms with E-state index >= 15 is 0 Å². The highest BCUT2D eigenvalue weighted by molar-refractivity contribution is 8.00. The van der Waals surface area contributed by atoms with Crippen LogP contribution in [0, 0.1) is 5.82 Å². The van der Waals surface area contributed by atoms with Crippen LogP contribution < -0.4 is 10.6 Å². The zero-order valence-corrected chi connectivity index (χ0v) is 19.6. The van der Waals surface area contributed by atoms with Gasteiger partial charge in [-0.05, 0) is 42.5 Å². The van der Waals surface area contributed by atoms with Gasteiger partial charge in [0, 0.05) is 40.6 Å². The van der Waals surface area contributed by atoms with Crippen molar-refractivity contribution in [1.29, 1.82) is 0 Å². The van der Waals surface area contributed by atoms with Crippen LogP contribution in [0.25, 0.3) is 10.9 Å². The van der Waals surface area contributed by atoms with Gasteiger partial charge >= 0.3 is 6.18 Å². The second-order valence-corrected chi connectivity index (χ2v) is 8.86. The van der Waals surface area contributed by atoms with Gasteiger partial charge in [-0.15, -0.1) is 11.8 Å². The lowest BCUT2D eigenvalue weighted by Gasteiger charge is -2.13. The Morgan fingerprint density at radius 2 is 1.61 bits per heavy atom. The molecule has 4 aromatic rings. The molecule has 36 heavy (non-hydrogen) atoms. The van der Waals surface area contributed by atoms with Crippen molar-refractivity contribution in [2.45, 2.75) is 17.6 Å². The SMILES string of the molecule is O=C(CSc1cn(CCNC(=O)c2ccc(F)cc2)c2ccccc12)Nc1ccccc1C(F)(F)F. The first kappa shape index (κ1) is 25.3. The summed E-state index contributed by atoms with van der Waals surface area (Å²) in [4.78, 5) is 25.5. The molecule has 1 aromatic heterocycles. The number of hydrogen-bond acceptors (Lipinski definition) is 3. The number of alkyl halides is 3. The van der Waals surface area contributed by atoms with E-state index in [0.717, 1.165) is 21.9 Å². The summed E-state index contributed by atoms with van der Waals surface area (Å²) in [5.74, 6) is -1.38. The molecule has 0 aliphatic carbocycles. The fourth-order valence-corrected chi connectivity index (χ4v) is 4.56. The molecule has 0 atom stereocenters. The van der Waals surface area contributed by atoms with Gasteiger partial charge < -0.3 is 15.2 Å². The molecule has 5 nitrogen and oxygen atoms in total. The van der Waals surface area contributed by atoms with Crippen LogP contribution in [0.1, 0.15) is 15.9 Å². The third-order valence-corrected chi connectivity index (χ3v) is 6.40. The van der Waals surface area contributed by atoms with E-state index < -0.39 is 23.5 Å². The normalized spacial score (nSPS) is 11.4. The predicted molar refractivity (Wildman–Crippen MR) is 131 cm³/mol. The lowest BCUT2D eigenvalue weighted by molar-refractivity contribution is -0.137. The van der Waals surface area contributed by atoms with Crippen molar-refractivity contribution in [3.63, 3.8) is 0 Å². The van der Waals surface area contributed by atoms with Crippen LogP contribution in [0.2, 0.25) is 0 Å². The molecule has 2 amide bonds. The minimum absolute atomic E-state index is 0.0818. The van der Waals surface area contributed by atoms with Crippen molar-refractivity contribution in [2.75, 3.05) is 17.6 Å². The Morgan fingerprint density at radius 1 is 0.917 bits per heavy atom. The molecule has 0 saturated carbocycles. The van der Waals surface area contributed by atoms with E-state index in [1.165, 1.54) is 54.2 Å². The molecular formula is C26H21F4N3O2S. The fraction of sp³-hybridized carbons (Fsp3) is 0.154. The second kappa shape index (κ2) is 10.9. The van der Waals surface area contributed by atoms with Gasteiger partial charge in [0.05, 0.1) is 17.0 Å². The van der Waals surface area contributed by atoms with Gasteiger partial charge in [-0.25, -0.2) is 4.39 Å². The molecule has 0 aliphatic rings. The summed E-state index contributed by atoms with van der Waals surface area (Å²) in [6, 6.07) is 17.6. The molecule has 0 bridgehead atoms. The number of rotatable bonds is 8. The Morgan fingerprint density at radius 3 is 2.36 bits per heavy atom. The summed E-state index contributed by atoms with van der Waals surface area (Å²) in [5, 5.41) is 6.03. The number of para-hydroxylation sites is 2. The molecule has 0 aliphatic heterocycles. The molecule has 10 heteroatoms. The number of benzene rings is 3. The highest BCUT2D eigenvalue weighted by Crippen LogP contribution is 2.35. The molecular weight excluding hydrogens is 494 g/mol. The van der Waals surface area contributed by atoms with Gasteiger partial charge in [0.25, 0.3) is 5.91 Å². The average molecular weight is 516 g/mol. The quantitative estimate of drug-likeness (QED) is 0.225. The number of carbonyl (C=O) groups is 2. The van der Waals surface area contributed by atoms with Gasteiger partial charge in [0.1, 0.15) is 5.82 Å². The van der Waals surface area contributed by atoms with Gasteiger partial charge in [-0.3, -0.25) is 9.59 Å². The molecule has 4 rings (SSSR count). The van der Waals surface area contributed by atoms with E-state index in [9.17, 15) is 27.2 Å². The predicted octanol–water partition coefficient (Wildman–Crippen LogP) is 5.96. The Bertz CT molecular complexity index is 1380. The van der Waals surface area contributed by atoms with Crippen LogP contribution in [0.5, 0.6) is 0 Å². The molecule has 3 aromatic carbocycles. The van der Waals surface area contributed by atoms with Crippen LogP contribution in [0.3, 0.4) is 0 Å². The van der Waals surface area contributed by atoms with E-state index in [1.807, 2.05) is 35.0 Å². The van der Waals surface area contributed by atoms with E-state index in [0.29, 0.717) is 18.7 Å². The molecule has 1 heterocycles. The van der Waals surface area contributed by atoms with Crippen molar-refractivity contribution < 1.29 is 27.2 Å². The first-order valence-electron chi connectivity index (χ1n) is 10.9. The summed E-state index contributed by atoms with van der Waals surface area (Å²) in [5.41, 5.74) is 0.0551. The number of carbonyl (C=O) groups excluding carboxylic acids is 2. The van der Waals surface area contributed by atoms with E-state index in [2.05, 4.69) is 10.6 Å². The van der Waals surface area contributed by atoms with Crippen molar-refractivity contribution in [1.82, 2.24) is 9.88 Å². The minimum atomic E-state index is -4.57. The topological polar surface area (TPSA) is 63.1 Å². The van der Waals surface area contributed by atoms with Gasteiger partial charge in [0.2, 0.25) is 5.91 Å². The molecule has 0 fully saturated rings. The molecule has 0 saturated heterocycles. The van der Waals surface area contributed by atoms with Crippen molar-refractivity contribution >= 4 is 40.2 Å². The Kier molecular flexibility index (Phi) is 7.64. The average Bonchev–Trinajstić information content (AvgIpc) is 3.20. The summed E-state index contributed by atoms with van der Waals surface area (Å²) < 4.78 is 54.6. The second-order valence-electron chi connectivity index (χ2n) is 7.85. The van der Waals surface area contributed by atoms with Crippen LogP contribution in [0.15, 0.2) is 83.9 Å². The van der Waals surface area contributed by atoms with Crippen LogP contribution in [-0.4, -0.2) is 28.7 Å². The first-order valence-corrected chi connectivity index (χ1v) is 11.9. The lowest BCUT2D eigenvalue weighted by Crippen LogP contribution is -2.27. The van der Waals surface area contributed by atoms with Gasteiger partial charge in [0.15, 0.2) is 0 Å². The summed E-state index contributed by atoms with van der Waals surface area (Å²) in [6.07, 6.45) is -2.73. The largest absolute Gasteiger partial charge is 0.418 e. The number of halogens is 4. The molecule has 0 spiro atoms. The maximum atomic E-state index is 13.2. The number of fused-ring (bicyclic) bond motifs is 1. The van der Waals surface area contributed by atoms with Crippen LogP contribution >= 0.6 is 11.8 Å². The van der Waals surface area contributed by atoms with Gasteiger partial charge in [-0.2, -0.15) is 13.2 Å². The number of nitrogens with zero attached hydrogens (tertiary/aromatic N) is 1. The lowest BCUT2D eigenvalue weighted by atomic mass is 10.1. The summed E-state index contributed by atoms with van der Waals surface area (Å²) in [7, 11) is 0. The Hall–Kier alpha value is -3.79. The van der Waals surface area contributed by atoms with Gasteiger partial charge in [-0.1, -0.05) is 30.3 Å². The highest BCUT2D eigenvalue weighted by Gasteiger charge is 2.33. The number of amides is 2. The zero-order valence-electron chi connectivity index (χ0n) is 18.8. The number of nitrogens with one attached hydrogen (secondary N) is 2. The van der Waals surface area contributed by atoms with Crippen LogP contribution in [0.4, 0.5) is 23.2 Å². The van der Waals surface area contributed by atoms with E-state index in [1.54, 1.807) is 0 Å². The van der Waals surface area contributed by atoms with Crippen molar-refractivity contribution in [3.8, 4) is 0 Å². The van der Waals surface area contributed by atoms with E-state index in [-0.39, 0.29) is 17.3 Å². The summed E-state index contributed by atoms with van der Waals surface area (Å²) in [6.45, 7) is 0.757. The van der Waals surface area contributed by atoms with Crippen molar-refractivity contribution in [3.05, 3.63) is 95.9 Å². The first-order chi connectivity index (χ1) is 17.2. The maximum absolute atomic E-state index is 13.2. The van der Waals surface area contributed by atoms with Crippen molar-refractivity contribution in [2.24, 2.45) is 0 Å². The number of aromatic nitrogens is 1. The maximum Gasteiger partial charge on any atom is 0.418 e. The molecule has 0 radical (unpaired) electrons. The third kappa shape index (κ3) is 6.06. The van der Waals surface area contributed by atoms with Crippen LogP contribution in [-0.2, 0) is 17.5 Å². The smallest absolute Gasteiger partial charge is 0.350 e. The molecule has 0 unspecified atom stereocenters.